The van der Waals surface area contributed by atoms with Gasteiger partial charge in [-0.05, 0) is 36.6 Å². The fraction of sp³-hybridized carbons (Fsp3) is 0.259. The first kappa shape index (κ1) is 24.1. The molecular formula is C27H27N7O3S. The summed E-state index contributed by atoms with van der Waals surface area (Å²) < 4.78 is 0. The fourth-order valence-corrected chi connectivity index (χ4v) is 6.27. The number of piperidine rings is 1. The van der Waals surface area contributed by atoms with Crippen molar-refractivity contribution in [1.29, 1.82) is 0 Å². The molecule has 2 aromatic heterocycles. The van der Waals surface area contributed by atoms with Crippen molar-refractivity contribution in [2.75, 3.05) is 23.3 Å². The van der Waals surface area contributed by atoms with E-state index in [1.807, 2.05) is 53.7 Å². The zero-order chi connectivity index (χ0) is 26.2. The molecule has 3 aromatic rings. The number of hydrogen-bond acceptors (Lipinski definition) is 7. The third-order valence-electron chi connectivity index (χ3n) is 7.02. The first-order valence-electron chi connectivity index (χ1n) is 12.5. The molecule has 1 aromatic carbocycles. The number of hydrogen-bond donors (Lipinski definition) is 3. The largest absolute Gasteiger partial charge is 0.347 e. The van der Waals surface area contributed by atoms with E-state index >= 15 is 0 Å². The lowest BCUT2D eigenvalue weighted by Gasteiger charge is -2.37. The van der Waals surface area contributed by atoms with Crippen LogP contribution in [0.5, 0.6) is 0 Å². The van der Waals surface area contributed by atoms with Gasteiger partial charge in [-0.2, -0.15) is 5.01 Å². The number of nitrogens with one attached hydrogen (secondary N) is 3. The summed E-state index contributed by atoms with van der Waals surface area (Å²) in [6.45, 7) is 5.23. The number of carbonyl (C=O) groups is 3. The highest BCUT2D eigenvalue weighted by molar-refractivity contribution is 7.21. The molecule has 3 aliphatic heterocycles. The highest BCUT2D eigenvalue weighted by Crippen LogP contribution is 2.44. The number of aromatic nitrogens is 1. The Bertz CT molecular complexity index is 1450. The van der Waals surface area contributed by atoms with E-state index < -0.39 is 0 Å². The van der Waals surface area contributed by atoms with Crippen LogP contribution < -0.4 is 21.0 Å². The Morgan fingerprint density at radius 1 is 1.24 bits per heavy atom. The van der Waals surface area contributed by atoms with Crippen LogP contribution in [0.15, 0.2) is 67.5 Å². The monoisotopic (exact) mass is 529 g/mol. The Kier molecular flexibility index (Phi) is 6.30. The maximum Gasteiger partial charge on any atom is 0.328 e. The maximum atomic E-state index is 13.5. The van der Waals surface area contributed by atoms with Crippen LogP contribution in [0.4, 0.5) is 16.2 Å². The zero-order valence-corrected chi connectivity index (χ0v) is 21.4. The van der Waals surface area contributed by atoms with Crippen molar-refractivity contribution in [3.8, 4) is 0 Å². The van der Waals surface area contributed by atoms with Crippen LogP contribution in [0.25, 0.3) is 10.2 Å². The molecule has 1 fully saturated rings. The van der Waals surface area contributed by atoms with Crippen molar-refractivity contribution in [3.63, 3.8) is 0 Å². The second kappa shape index (κ2) is 9.92. The standard InChI is InChI=1S/C27H27N7O3S/c1-2-21(35)32-14-6-9-18(16-32)30-25(36)24-23-22-19(10-12-28-26(22)38-24)34(27(37)31-23)20-11-13-29-33(20)15-17-7-4-3-5-8-17/h2-5,7-8,10-13,18,20,29H,1,6,9,14-16H2,(H,30,36)(H,31,37)/t18?,20-/m0/s1. The molecule has 5 heterocycles. The number of benzene rings is 1. The third kappa shape index (κ3) is 4.29. The Balaban J connectivity index is 1.28. The Labute approximate surface area is 223 Å². The summed E-state index contributed by atoms with van der Waals surface area (Å²) in [7, 11) is 0. The number of urea groups is 1. The van der Waals surface area contributed by atoms with Gasteiger partial charge in [-0.1, -0.05) is 36.9 Å². The number of amides is 4. The summed E-state index contributed by atoms with van der Waals surface area (Å²) >= 11 is 1.25. The van der Waals surface area contributed by atoms with Crippen LogP contribution in [0.3, 0.4) is 0 Å². The van der Waals surface area contributed by atoms with Crippen molar-refractivity contribution in [1.82, 2.24) is 25.6 Å². The topological polar surface area (TPSA) is 110 Å². The van der Waals surface area contributed by atoms with Crippen LogP contribution in [0.1, 0.15) is 28.1 Å². The average molecular weight is 530 g/mol. The molecular weight excluding hydrogens is 502 g/mol. The quantitative estimate of drug-likeness (QED) is 0.422. The summed E-state index contributed by atoms with van der Waals surface area (Å²) in [6.07, 6.45) is 7.91. The molecule has 38 heavy (non-hydrogen) atoms. The molecule has 10 nitrogen and oxygen atoms in total. The van der Waals surface area contributed by atoms with Crippen LogP contribution in [-0.4, -0.2) is 58.0 Å². The number of nitrogens with zero attached hydrogens (tertiary/aromatic N) is 4. The van der Waals surface area contributed by atoms with Crippen LogP contribution >= 0.6 is 11.3 Å². The minimum Gasteiger partial charge on any atom is -0.347 e. The van der Waals surface area contributed by atoms with Gasteiger partial charge >= 0.3 is 6.03 Å². The van der Waals surface area contributed by atoms with Gasteiger partial charge < -0.3 is 21.0 Å². The predicted octanol–water partition coefficient (Wildman–Crippen LogP) is 3.42. The fourth-order valence-electron chi connectivity index (χ4n) is 5.25. The first-order chi connectivity index (χ1) is 18.5. The van der Waals surface area contributed by atoms with Gasteiger partial charge in [-0.15, -0.1) is 11.3 Å². The lowest BCUT2D eigenvalue weighted by atomic mass is 10.1. The SMILES string of the molecule is C=CC(=O)N1CCCC(NC(=O)c2sc3nccc4c3c2NC(=O)N4[C@H]2C=CNN2Cc2ccccc2)C1. The van der Waals surface area contributed by atoms with Gasteiger partial charge in [0, 0.05) is 38.1 Å². The molecule has 3 N–H and O–H groups in total. The lowest BCUT2D eigenvalue weighted by Crippen LogP contribution is -2.53. The van der Waals surface area contributed by atoms with E-state index in [-0.39, 0.29) is 30.1 Å². The summed E-state index contributed by atoms with van der Waals surface area (Å²) in [4.78, 5) is 47.9. The lowest BCUT2D eigenvalue weighted by molar-refractivity contribution is -0.127. The predicted molar refractivity (Wildman–Crippen MR) is 146 cm³/mol. The smallest absolute Gasteiger partial charge is 0.328 e. The molecule has 0 bridgehead atoms. The molecule has 0 saturated carbocycles. The van der Waals surface area contributed by atoms with Crippen molar-refractivity contribution in [2.45, 2.75) is 31.6 Å². The van der Waals surface area contributed by atoms with Crippen LogP contribution in [-0.2, 0) is 11.3 Å². The highest BCUT2D eigenvalue weighted by atomic mass is 32.1. The average Bonchev–Trinajstić information content (AvgIpc) is 3.54. The molecule has 11 heteroatoms. The number of thiophene rings is 1. The van der Waals surface area contributed by atoms with Crippen LogP contribution in [0.2, 0.25) is 0 Å². The molecule has 1 saturated heterocycles. The second-order valence-electron chi connectivity index (χ2n) is 9.43. The molecule has 194 valence electrons. The van der Waals surface area contributed by atoms with E-state index in [2.05, 4.69) is 27.6 Å². The van der Waals surface area contributed by atoms with Gasteiger partial charge in [0.1, 0.15) is 15.9 Å². The van der Waals surface area contributed by atoms with Gasteiger partial charge in [-0.3, -0.25) is 14.5 Å². The summed E-state index contributed by atoms with van der Waals surface area (Å²) in [6, 6.07) is 11.3. The van der Waals surface area contributed by atoms with Crippen LogP contribution in [0, 0.1) is 0 Å². The molecule has 0 radical (unpaired) electrons. The number of anilines is 2. The zero-order valence-electron chi connectivity index (χ0n) is 20.6. The maximum absolute atomic E-state index is 13.5. The molecule has 0 spiro atoms. The minimum atomic E-state index is -0.373. The number of likely N-dealkylation sites (tertiary alicyclic amines) is 1. The number of rotatable bonds is 6. The Morgan fingerprint density at radius 3 is 2.89 bits per heavy atom. The van der Waals surface area contributed by atoms with E-state index in [0.717, 1.165) is 23.8 Å². The van der Waals surface area contributed by atoms with E-state index in [0.29, 0.717) is 40.7 Å². The van der Waals surface area contributed by atoms with Crippen molar-refractivity contribution in [3.05, 3.63) is 78.0 Å². The number of carbonyl (C=O) groups excluding carboxylic acids is 3. The molecule has 3 aliphatic rings. The molecule has 6 rings (SSSR count). The summed E-state index contributed by atoms with van der Waals surface area (Å²) in [5.74, 6) is -0.424. The summed E-state index contributed by atoms with van der Waals surface area (Å²) in [5, 5.41) is 8.75. The van der Waals surface area contributed by atoms with Gasteiger partial charge in [0.2, 0.25) is 5.91 Å². The first-order valence-corrected chi connectivity index (χ1v) is 13.3. The minimum absolute atomic E-state index is 0.140. The van der Waals surface area contributed by atoms with Crippen molar-refractivity contribution >= 4 is 50.8 Å². The van der Waals surface area contributed by atoms with E-state index in [9.17, 15) is 14.4 Å². The summed E-state index contributed by atoms with van der Waals surface area (Å²) in [5.41, 5.74) is 5.52. The van der Waals surface area contributed by atoms with Crippen molar-refractivity contribution in [2.24, 2.45) is 0 Å². The van der Waals surface area contributed by atoms with E-state index in [4.69, 9.17) is 0 Å². The Morgan fingerprint density at radius 2 is 2.08 bits per heavy atom. The van der Waals surface area contributed by atoms with Crippen molar-refractivity contribution < 1.29 is 14.4 Å². The second-order valence-corrected chi connectivity index (χ2v) is 10.4. The molecule has 4 amide bonds. The van der Waals surface area contributed by atoms with Gasteiger partial charge in [-0.25, -0.2) is 9.78 Å². The van der Waals surface area contributed by atoms with Gasteiger partial charge in [0.15, 0.2) is 0 Å². The Hall–Kier alpha value is -4.22. The molecule has 1 unspecified atom stereocenters. The highest BCUT2D eigenvalue weighted by Gasteiger charge is 2.38. The third-order valence-corrected chi connectivity index (χ3v) is 8.11. The van der Waals surface area contributed by atoms with E-state index in [1.54, 1.807) is 16.0 Å². The van der Waals surface area contributed by atoms with Gasteiger partial charge in [0.05, 0.1) is 16.8 Å². The number of hydrazine groups is 1. The number of pyridine rings is 1. The normalized spacial score (nSPS) is 20.8. The van der Waals surface area contributed by atoms with E-state index in [1.165, 1.54) is 17.4 Å². The van der Waals surface area contributed by atoms with Gasteiger partial charge in [0.25, 0.3) is 5.91 Å². The molecule has 2 atom stereocenters. The molecule has 0 aliphatic carbocycles.